The Morgan fingerprint density at radius 2 is 1.00 bits per heavy atom. The van der Waals surface area contributed by atoms with Crippen LogP contribution in [-0.2, 0) is 0 Å². The van der Waals surface area contributed by atoms with Gasteiger partial charge in [-0.2, -0.15) is 20.5 Å². The predicted octanol–water partition coefficient (Wildman–Crippen LogP) is 3.94. The van der Waals surface area contributed by atoms with Crippen LogP contribution in [0, 0.1) is 22.9 Å². The zero-order valence-electron chi connectivity index (χ0n) is 13.6. The van der Waals surface area contributed by atoms with Gasteiger partial charge in [-0.25, -0.2) is 0 Å². The van der Waals surface area contributed by atoms with Crippen molar-refractivity contribution in [2.24, 2.45) is 9.98 Å². The van der Waals surface area contributed by atoms with E-state index in [1.165, 1.54) is 0 Å². The summed E-state index contributed by atoms with van der Waals surface area (Å²) in [5.41, 5.74) is 0. The molecule has 0 N–H and O–H groups in total. The molecule has 0 saturated carbocycles. The fourth-order valence-corrected chi connectivity index (χ4v) is 4.00. The third kappa shape index (κ3) is 1.70. The molecule has 0 atom stereocenters. The van der Waals surface area contributed by atoms with E-state index in [4.69, 9.17) is 5.26 Å². The molecule has 0 aliphatic carbocycles. The van der Waals surface area contributed by atoms with Gasteiger partial charge >= 0.3 is 0 Å². The average molecular weight is 330 g/mol. The molecular formula is C22H10N4. The Morgan fingerprint density at radius 1 is 0.500 bits per heavy atom. The summed E-state index contributed by atoms with van der Waals surface area (Å²) in [5.74, 6) is 0. The minimum atomic E-state index is 0.674. The summed E-state index contributed by atoms with van der Waals surface area (Å²) in [7, 11) is 0. The van der Waals surface area contributed by atoms with Crippen molar-refractivity contribution in [2.75, 3.05) is 0 Å². The number of rotatable bonds is 0. The van der Waals surface area contributed by atoms with Gasteiger partial charge in [0.05, 0.1) is 10.7 Å². The lowest BCUT2D eigenvalue weighted by Gasteiger charge is -1.96. The Hall–Kier alpha value is -4.02. The molecule has 5 aromatic rings. The monoisotopic (exact) mass is 330 g/mol. The number of hydrogen-bond donors (Lipinski definition) is 0. The highest BCUT2D eigenvalue weighted by atomic mass is 14.7. The molecule has 0 saturated heterocycles. The highest BCUT2D eigenvalue weighted by Gasteiger charge is 2.16. The third-order valence-corrected chi connectivity index (χ3v) is 4.94. The van der Waals surface area contributed by atoms with Crippen molar-refractivity contribution in [2.45, 2.75) is 0 Å². The molecule has 118 valence electrons. The SMILES string of the molecule is N#C/N=c1\c2ccccc2c2c1ccc1c3ccccc3/c(=N\C#N)c12. The number of fused-ring (bicyclic) bond motifs is 7. The van der Waals surface area contributed by atoms with Crippen molar-refractivity contribution >= 4 is 43.1 Å². The van der Waals surface area contributed by atoms with E-state index in [1.807, 2.05) is 73.0 Å². The molecule has 0 radical (unpaired) electrons. The zero-order valence-corrected chi connectivity index (χ0v) is 13.6. The van der Waals surface area contributed by atoms with Gasteiger partial charge in [0.15, 0.2) is 0 Å². The second kappa shape index (κ2) is 5.24. The van der Waals surface area contributed by atoms with E-state index in [0.29, 0.717) is 10.7 Å². The summed E-state index contributed by atoms with van der Waals surface area (Å²) in [6.07, 6.45) is 3.87. The Morgan fingerprint density at radius 3 is 1.69 bits per heavy atom. The van der Waals surface area contributed by atoms with E-state index < -0.39 is 0 Å². The number of nitrogens with zero attached hydrogens (tertiary/aromatic N) is 4. The van der Waals surface area contributed by atoms with E-state index in [1.54, 1.807) is 0 Å². The Labute approximate surface area is 147 Å². The van der Waals surface area contributed by atoms with Gasteiger partial charge in [-0.3, -0.25) is 0 Å². The standard InChI is InChI=1S/C22H10N4/c23-11-25-21-17-8-4-2-6-14(17)19-18(21)10-9-15-13-5-1-3-7-16(13)22(20(15)19)26-12-24/h1-10H/b25-21+,26-22+. The highest BCUT2D eigenvalue weighted by molar-refractivity contribution is 6.28. The molecule has 0 aliphatic heterocycles. The van der Waals surface area contributed by atoms with Crippen molar-refractivity contribution in [1.29, 1.82) is 10.5 Å². The van der Waals surface area contributed by atoms with Crippen LogP contribution in [0.25, 0.3) is 43.1 Å². The van der Waals surface area contributed by atoms with E-state index >= 15 is 0 Å². The van der Waals surface area contributed by atoms with Crippen molar-refractivity contribution < 1.29 is 0 Å². The van der Waals surface area contributed by atoms with Crippen LogP contribution in [0.5, 0.6) is 0 Å². The molecule has 0 unspecified atom stereocenters. The second-order valence-electron chi connectivity index (χ2n) is 6.12. The lowest BCUT2D eigenvalue weighted by atomic mass is 10.1. The topological polar surface area (TPSA) is 72.3 Å². The van der Waals surface area contributed by atoms with E-state index in [9.17, 15) is 5.26 Å². The van der Waals surface area contributed by atoms with Crippen LogP contribution in [0.2, 0.25) is 0 Å². The number of hydrogen-bond acceptors (Lipinski definition) is 4. The molecule has 0 bridgehead atoms. The van der Waals surface area contributed by atoms with Gasteiger partial charge in [0.1, 0.15) is 0 Å². The van der Waals surface area contributed by atoms with E-state index in [0.717, 1.165) is 43.1 Å². The summed E-state index contributed by atoms with van der Waals surface area (Å²) in [4.78, 5) is 8.21. The third-order valence-electron chi connectivity index (χ3n) is 4.94. The smallest absolute Gasteiger partial charge is 0.172 e. The summed E-state index contributed by atoms with van der Waals surface area (Å²) >= 11 is 0. The minimum Gasteiger partial charge on any atom is -0.172 e. The molecule has 4 heteroatoms. The highest BCUT2D eigenvalue weighted by Crippen LogP contribution is 2.34. The van der Waals surface area contributed by atoms with Gasteiger partial charge in [-0.05, 0) is 16.2 Å². The van der Waals surface area contributed by atoms with E-state index in [2.05, 4.69) is 9.98 Å². The van der Waals surface area contributed by atoms with Crippen LogP contribution in [-0.4, -0.2) is 0 Å². The Balaban J connectivity index is 2.25. The first-order valence-electron chi connectivity index (χ1n) is 8.16. The largest absolute Gasteiger partial charge is 0.206 e. The van der Waals surface area contributed by atoms with Crippen LogP contribution in [0.3, 0.4) is 0 Å². The molecule has 0 spiro atoms. The maximum Gasteiger partial charge on any atom is 0.206 e. The first-order chi connectivity index (χ1) is 12.8. The average Bonchev–Trinajstić information content (AvgIpc) is 3.17. The van der Waals surface area contributed by atoms with Gasteiger partial charge < -0.3 is 0 Å². The second-order valence-corrected chi connectivity index (χ2v) is 6.12. The minimum absolute atomic E-state index is 0.674. The Bertz CT molecular complexity index is 1550. The maximum absolute atomic E-state index is 9.25. The van der Waals surface area contributed by atoms with Gasteiger partial charge in [-0.15, -0.1) is 0 Å². The molecule has 0 aromatic heterocycles. The van der Waals surface area contributed by atoms with Crippen LogP contribution in [0.4, 0.5) is 0 Å². The van der Waals surface area contributed by atoms with Crippen LogP contribution < -0.4 is 10.7 Å². The molecule has 0 aliphatic rings. The fourth-order valence-electron chi connectivity index (χ4n) is 4.00. The van der Waals surface area contributed by atoms with Gasteiger partial charge in [0, 0.05) is 26.9 Å². The summed E-state index contributed by atoms with van der Waals surface area (Å²) < 4.78 is 0. The van der Waals surface area contributed by atoms with Crippen molar-refractivity contribution in [3.8, 4) is 12.4 Å². The van der Waals surface area contributed by atoms with E-state index in [-0.39, 0.29) is 0 Å². The lowest BCUT2D eigenvalue weighted by Crippen LogP contribution is -1.99. The van der Waals surface area contributed by atoms with Gasteiger partial charge in [0.25, 0.3) is 0 Å². The molecule has 5 rings (SSSR count). The lowest BCUT2D eigenvalue weighted by molar-refractivity contribution is 1.37. The summed E-state index contributed by atoms with van der Waals surface area (Å²) in [6.45, 7) is 0. The summed E-state index contributed by atoms with van der Waals surface area (Å²) in [5, 5.41) is 27.6. The first kappa shape index (κ1) is 14.3. The van der Waals surface area contributed by atoms with Gasteiger partial charge in [0.2, 0.25) is 12.4 Å². The normalized spacial score (nSPS) is 13.0. The van der Waals surface area contributed by atoms with Gasteiger partial charge in [-0.1, -0.05) is 60.7 Å². The molecule has 0 amide bonds. The number of nitriles is 2. The molecule has 0 heterocycles. The van der Waals surface area contributed by atoms with Crippen molar-refractivity contribution in [1.82, 2.24) is 0 Å². The zero-order chi connectivity index (χ0) is 17.7. The maximum atomic E-state index is 9.25. The number of benzene rings is 3. The first-order valence-corrected chi connectivity index (χ1v) is 8.16. The van der Waals surface area contributed by atoms with Crippen LogP contribution >= 0.6 is 0 Å². The molecular weight excluding hydrogens is 320 g/mol. The quantitative estimate of drug-likeness (QED) is 0.403. The predicted molar refractivity (Wildman–Crippen MR) is 101 cm³/mol. The van der Waals surface area contributed by atoms with Crippen LogP contribution in [0.15, 0.2) is 70.6 Å². The fraction of sp³-hybridized carbons (Fsp3) is 0. The molecule has 0 fully saturated rings. The van der Waals surface area contributed by atoms with Crippen LogP contribution in [0.1, 0.15) is 0 Å². The Kier molecular flexibility index (Phi) is 2.89. The molecule has 5 aromatic carbocycles. The molecule has 26 heavy (non-hydrogen) atoms. The van der Waals surface area contributed by atoms with Crippen molar-refractivity contribution in [3.05, 3.63) is 71.4 Å². The van der Waals surface area contributed by atoms with Crippen molar-refractivity contribution in [3.63, 3.8) is 0 Å². The molecule has 4 nitrogen and oxygen atoms in total. The summed E-state index contributed by atoms with van der Waals surface area (Å²) in [6, 6.07) is 19.9.